The van der Waals surface area contributed by atoms with E-state index in [0.717, 1.165) is 44.8 Å². The lowest BCUT2D eigenvalue weighted by Gasteiger charge is -2.32. The first kappa shape index (κ1) is 14.8. The van der Waals surface area contributed by atoms with Crippen LogP contribution in [0.2, 0.25) is 0 Å². The van der Waals surface area contributed by atoms with E-state index in [9.17, 15) is 4.79 Å². The Morgan fingerprint density at radius 2 is 2.20 bits per heavy atom. The van der Waals surface area contributed by atoms with Gasteiger partial charge in [0.25, 0.3) is 0 Å². The molecule has 5 heteroatoms. The van der Waals surface area contributed by atoms with Crippen molar-refractivity contribution in [2.24, 2.45) is 0 Å². The van der Waals surface area contributed by atoms with Gasteiger partial charge in [0.2, 0.25) is 5.91 Å². The SMILES string of the molecule is CCNc1ncccc1CN1CCC(NC(C)=O)CC1. The van der Waals surface area contributed by atoms with Crippen molar-refractivity contribution >= 4 is 11.7 Å². The number of carbonyl (C=O) groups excluding carboxylic acids is 1. The number of aromatic nitrogens is 1. The van der Waals surface area contributed by atoms with Crippen LogP contribution >= 0.6 is 0 Å². The van der Waals surface area contributed by atoms with E-state index in [2.05, 4.69) is 33.5 Å². The number of hydrogen-bond acceptors (Lipinski definition) is 4. The van der Waals surface area contributed by atoms with E-state index in [-0.39, 0.29) is 5.91 Å². The zero-order valence-corrected chi connectivity index (χ0v) is 12.4. The second-order valence-corrected chi connectivity index (χ2v) is 5.29. The molecule has 0 unspecified atom stereocenters. The number of nitrogens with one attached hydrogen (secondary N) is 2. The van der Waals surface area contributed by atoms with Crippen molar-refractivity contribution in [3.05, 3.63) is 23.9 Å². The van der Waals surface area contributed by atoms with Crippen molar-refractivity contribution in [1.82, 2.24) is 15.2 Å². The third-order valence-electron chi connectivity index (χ3n) is 3.62. The van der Waals surface area contributed by atoms with Crippen molar-refractivity contribution in [2.75, 3.05) is 25.0 Å². The van der Waals surface area contributed by atoms with E-state index >= 15 is 0 Å². The molecule has 1 aromatic rings. The van der Waals surface area contributed by atoms with Crippen molar-refractivity contribution in [2.45, 2.75) is 39.3 Å². The van der Waals surface area contributed by atoms with Gasteiger partial charge >= 0.3 is 0 Å². The minimum absolute atomic E-state index is 0.0742. The molecule has 2 rings (SSSR count). The smallest absolute Gasteiger partial charge is 0.217 e. The fraction of sp³-hybridized carbons (Fsp3) is 0.600. The average Bonchev–Trinajstić information content (AvgIpc) is 2.43. The number of pyridine rings is 1. The van der Waals surface area contributed by atoms with E-state index in [1.165, 1.54) is 5.56 Å². The molecule has 0 saturated carbocycles. The molecule has 2 N–H and O–H groups in total. The highest BCUT2D eigenvalue weighted by Crippen LogP contribution is 2.18. The predicted octanol–water partition coefficient (Wildman–Crippen LogP) is 1.61. The summed E-state index contributed by atoms with van der Waals surface area (Å²) < 4.78 is 0. The second-order valence-electron chi connectivity index (χ2n) is 5.29. The van der Waals surface area contributed by atoms with E-state index in [0.29, 0.717) is 6.04 Å². The van der Waals surface area contributed by atoms with E-state index in [1.54, 1.807) is 6.92 Å². The normalized spacial score (nSPS) is 16.9. The molecule has 1 aromatic heterocycles. The molecule has 1 aliphatic heterocycles. The van der Waals surface area contributed by atoms with Crippen LogP contribution in [0.15, 0.2) is 18.3 Å². The average molecular weight is 276 g/mol. The Labute approximate surface area is 120 Å². The third kappa shape index (κ3) is 4.20. The van der Waals surface area contributed by atoms with Gasteiger partial charge < -0.3 is 10.6 Å². The minimum atomic E-state index is 0.0742. The Morgan fingerprint density at radius 1 is 1.45 bits per heavy atom. The molecule has 1 aliphatic rings. The summed E-state index contributed by atoms with van der Waals surface area (Å²) in [5.41, 5.74) is 1.24. The van der Waals surface area contributed by atoms with Crippen molar-refractivity contribution < 1.29 is 4.79 Å². The van der Waals surface area contributed by atoms with Crippen molar-refractivity contribution in [3.8, 4) is 0 Å². The van der Waals surface area contributed by atoms with Crippen LogP contribution in [0.4, 0.5) is 5.82 Å². The van der Waals surface area contributed by atoms with Crippen LogP contribution in [0.1, 0.15) is 32.3 Å². The van der Waals surface area contributed by atoms with E-state index in [4.69, 9.17) is 0 Å². The molecule has 0 aromatic carbocycles. The molecule has 0 radical (unpaired) electrons. The van der Waals surface area contributed by atoms with E-state index in [1.807, 2.05) is 12.3 Å². The van der Waals surface area contributed by atoms with E-state index < -0.39 is 0 Å². The van der Waals surface area contributed by atoms with Crippen LogP contribution < -0.4 is 10.6 Å². The molecule has 0 atom stereocenters. The van der Waals surface area contributed by atoms with Gasteiger partial charge in [-0.05, 0) is 25.8 Å². The first-order chi connectivity index (χ1) is 9.69. The highest BCUT2D eigenvalue weighted by Gasteiger charge is 2.20. The van der Waals surface area contributed by atoms with Gasteiger partial charge in [0.15, 0.2) is 0 Å². The highest BCUT2D eigenvalue weighted by molar-refractivity contribution is 5.73. The molecular weight excluding hydrogens is 252 g/mol. The largest absolute Gasteiger partial charge is 0.370 e. The topological polar surface area (TPSA) is 57.3 Å². The molecule has 1 fully saturated rings. The summed E-state index contributed by atoms with van der Waals surface area (Å²) in [6, 6.07) is 4.45. The van der Waals surface area contributed by atoms with Crippen LogP contribution in [0.25, 0.3) is 0 Å². The number of hydrogen-bond donors (Lipinski definition) is 2. The lowest BCUT2D eigenvalue weighted by Crippen LogP contribution is -2.43. The third-order valence-corrected chi connectivity index (χ3v) is 3.62. The zero-order valence-electron chi connectivity index (χ0n) is 12.4. The fourth-order valence-corrected chi connectivity index (χ4v) is 2.66. The molecule has 20 heavy (non-hydrogen) atoms. The number of carbonyl (C=O) groups is 1. The summed E-state index contributed by atoms with van der Waals surface area (Å²) in [4.78, 5) is 17.9. The fourth-order valence-electron chi connectivity index (χ4n) is 2.66. The molecule has 1 saturated heterocycles. The van der Waals surface area contributed by atoms with Crippen LogP contribution in [0.5, 0.6) is 0 Å². The molecule has 110 valence electrons. The van der Waals surface area contributed by atoms with Gasteiger partial charge in [0, 0.05) is 50.9 Å². The van der Waals surface area contributed by atoms with Crippen LogP contribution in [-0.2, 0) is 11.3 Å². The maximum atomic E-state index is 11.1. The summed E-state index contributed by atoms with van der Waals surface area (Å²) in [5.74, 6) is 1.06. The quantitative estimate of drug-likeness (QED) is 0.858. The lowest BCUT2D eigenvalue weighted by atomic mass is 10.0. The Kier molecular flexibility index (Phi) is 5.35. The van der Waals surface area contributed by atoms with Crippen molar-refractivity contribution in [3.63, 3.8) is 0 Å². The second kappa shape index (κ2) is 7.24. The van der Waals surface area contributed by atoms with Gasteiger partial charge in [-0.3, -0.25) is 9.69 Å². The van der Waals surface area contributed by atoms with Gasteiger partial charge in [0.1, 0.15) is 5.82 Å². The van der Waals surface area contributed by atoms with Gasteiger partial charge in [-0.15, -0.1) is 0 Å². The summed E-state index contributed by atoms with van der Waals surface area (Å²) in [5, 5.41) is 6.31. The molecule has 2 heterocycles. The summed E-state index contributed by atoms with van der Waals surface area (Å²) in [6.45, 7) is 7.51. The van der Waals surface area contributed by atoms with Gasteiger partial charge in [-0.25, -0.2) is 4.98 Å². The molecule has 5 nitrogen and oxygen atoms in total. The summed E-state index contributed by atoms with van der Waals surface area (Å²) >= 11 is 0. The van der Waals surface area contributed by atoms with Crippen LogP contribution in [-0.4, -0.2) is 41.5 Å². The van der Waals surface area contributed by atoms with Crippen LogP contribution in [0.3, 0.4) is 0 Å². The highest BCUT2D eigenvalue weighted by atomic mass is 16.1. The monoisotopic (exact) mass is 276 g/mol. The van der Waals surface area contributed by atoms with Gasteiger partial charge in [-0.1, -0.05) is 6.07 Å². The Hall–Kier alpha value is -1.62. The molecule has 0 bridgehead atoms. The number of nitrogens with zero attached hydrogens (tertiary/aromatic N) is 2. The zero-order chi connectivity index (χ0) is 14.4. The number of piperidine rings is 1. The minimum Gasteiger partial charge on any atom is -0.370 e. The summed E-state index contributed by atoms with van der Waals surface area (Å²) in [7, 11) is 0. The standard InChI is InChI=1S/C15H24N4O/c1-3-16-15-13(5-4-8-17-15)11-19-9-6-14(7-10-19)18-12(2)20/h4-5,8,14H,3,6-7,9-11H2,1-2H3,(H,16,17)(H,18,20). The van der Waals surface area contributed by atoms with Crippen molar-refractivity contribution in [1.29, 1.82) is 0 Å². The predicted molar refractivity (Wildman–Crippen MR) is 80.5 cm³/mol. The molecule has 1 amide bonds. The number of likely N-dealkylation sites (tertiary alicyclic amines) is 1. The van der Waals surface area contributed by atoms with Crippen LogP contribution in [0, 0.1) is 0 Å². The molecule has 0 aliphatic carbocycles. The Bertz CT molecular complexity index is 441. The molecule has 0 spiro atoms. The maximum absolute atomic E-state index is 11.1. The summed E-state index contributed by atoms with van der Waals surface area (Å²) in [6.07, 6.45) is 3.87. The number of anilines is 1. The first-order valence-corrected chi connectivity index (χ1v) is 7.36. The molecular formula is C15H24N4O. The lowest BCUT2D eigenvalue weighted by molar-refractivity contribution is -0.119. The number of amides is 1. The first-order valence-electron chi connectivity index (χ1n) is 7.36. The Balaban J connectivity index is 1.88. The maximum Gasteiger partial charge on any atom is 0.217 e. The number of rotatable bonds is 5. The van der Waals surface area contributed by atoms with Gasteiger partial charge in [-0.2, -0.15) is 0 Å². The van der Waals surface area contributed by atoms with Gasteiger partial charge in [0.05, 0.1) is 0 Å². The Morgan fingerprint density at radius 3 is 2.85 bits per heavy atom.